The van der Waals surface area contributed by atoms with Gasteiger partial charge >= 0.3 is 0 Å². The zero-order chi connectivity index (χ0) is 33.2. The molecule has 1 heterocycles. The average Bonchev–Trinajstić information content (AvgIpc) is 3.66. The number of carbonyl (C=O) groups is 2. The lowest BCUT2D eigenvalue weighted by Crippen LogP contribution is -2.50. The van der Waals surface area contributed by atoms with Crippen LogP contribution in [0.4, 0.5) is 0 Å². The molecule has 0 aliphatic carbocycles. The van der Waals surface area contributed by atoms with Gasteiger partial charge in [0.05, 0.1) is 12.0 Å². The lowest BCUT2D eigenvalue weighted by Gasteiger charge is -2.32. The van der Waals surface area contributed by atoms with Crippen LogP contribution in [0, 0.1) is 6.92 Å². The van der Waals surface area contributed by atoms with E-state index in [1.54, 1.807) is 36.3 Å². The molecule has 8 nitrogen and oxygen atoms in total. The fourth-order valence-electron chi connectivity index (χ4n) is 5.80. The van der Waals surface area contributed by atoms with Crippen LogP contribution in [0.2, 0.25) is 0 Å². The molecule has 1 atom stereocenters. The lowest BCUT2D eigenvalue weighted by molar-refractivity contribution is -0.141. The standard InChI is InChI=1S/C38H43N3O5S/c1-29-10-12-32(13-11-29)27-39-38(43)36(26-31-8-4-3-5-9-31)41(28-33-14-19-34(46-2)20-15-33)37(42)23-18-30-16-21-35(22-17-30)47(44,45)40-24-6-7-25-40/h3-5,8-17,19-22,36H,6-7,18,23-28H2,1-2H3,(H,39,43). The molecule has 1 aliphatic heterocycles. The number of ether oxygens (including phenoxy) is 1. The van der Waals surface area contributed by atoms with E-state index in [4.69, 9.17) is 4.74 Å². The van der Waals surface area contributed by atoms with Crippen molar-refractivity contribution >= 4 is 21.8 Å². The van der Waals surface area contributed by atoms with Gasteiger partial charge in [-0.2, -0.15) is 4.31 Å². The Hall–Kier alpha value is -4.47. The van der Waals surface area contributed by atoms with E-state index in [1.807, 2.05) is 85.8 Å². The Balaban J connectivity index is 1.37. The lowest BCUT2D eigenvalue weighted by atomic mass is 10.0. The number of hydrogen-bond donors (Lipinski definition) is 1. The maximum Gasteiger partial charge on any atom is 0.243 e. The van der Waals surface area contributed by atoms with Crippen molar-refractivity contribution in [2.45, 2.75) is 63.1 Å². The molecule has 47 heavy (non-hydrogen) atoms. The predicted molar refractivity (Wildman–Crippen MR) is 183 cm³/mol. The quantitative estimate of drug-likeness (QED) is 0.189. The third-order valence-corrected chi connectivity index (χ3v) is 10.5. The summed E-state index contributed by atoms with van der Waals surface area (Å²) in [6, 6.07) is 31.3. The van der Waals surface area contributed by atoms with E-state index in [-0.39, 0.29) is 29.7 Å². The van der Waals surface area contributed by atoms with Crippen LogP contribution in [0.15, 0.2) is 108 Å². The largest absolute Gasteiger partial charge is 0.497 e. The number of hydrogen-bond acceptors (Lipinski definition) is 5. The maximum atomic E-state index is 14.1. The van der Waals surface area contributed by atoms with E-state index in [9.17, 15) is 18.0 Å². The van der Waals surface area contributed by atoms with Crippen molar-refractivity contribution in [3.05, 3.63) is 131 Å². The summed E-state index contributed by atoms with van der Waals surface area (Å²) in [5.74, 6) is 0.312. The fourth-order valence-corrected chi connectivity index (χ4v) is 7.31. The Morgan fingerprint density at radius 1 is 0.809 bits per heavy atom. The Labute approximate surface area is 278 Å². The minimum absolute atomic E-state index is 0.158. The Morgan fingerprint density at radius 2 is 1.43 bits per heavy atom. The minimum atomic E-state index is -3.51. The Kier molecular flexibility index (Phi) is 11.5. The van der Waals surface area contributed by atoms with Gasteiger partial charge in [-0.05, 0) is 72.7 Å². The molecule has 2 amide bonds. The molecule has 0 saturated carbocycles. The van der Waals surface area contributed by atoms with Crippen molar-refractivity contribution < 1.29 is 22.7 Å². The Bertz CT molecular complexity index is 1720. The first kappa shape index (κ1) is 33.9. The third kappa shape index (κ3) is 9.08. The molecule has 1 unspecified atom stereocenters. The van der Waals surface area contributed by atoms with Crippen LogP contribution in [-0.4, -0.2) is 55.7 Å². The number of nitrogens with zero attached hydrogens (tertiary/aromatic N) is 2. The van der Waals surface area contributed by atoms with Crippen LogP contribution in [0.3, 0.4) is 0 Å². The van der Waals surface area contributed by atoms with Crippen molar-refractivity contribution in [1.82, 2.24) is 14.5 Å². The molecule has 0 spiro atoms. The molecule has 1 saturated heterocycles. The van der Waals surface area contributed by atoms with Crippen molar-refractivity contribution in [3.63, 3.8) is 0 Å². The molecule has 0 bridgehead atoms. The molecule has 5 rings (SSSR count). The van der Waals surface area contributed by atoms with E-state index < -0.39 is 16.1 Å². The predicted octanol–water partition coefficient (Wildman–Crippen LogP) is 5.68. The van der Waals surface area contributed by atoms with Gasteiger partial charge in [0.1, 0.15) is 11.8 Å². The highest BCUT2D eigenvalue weighted by atomic mass is 32.2. The van der Waals surface area contributed by atoms with Gasteiger partial charge in [-0.3, -0.25) is 9.59 Å². The molecule has 1 N–H and O–H groups in total. The number of rotatable bonds is 14. The highest BCUT2D eigenvalue weighted by Crippen LogP contribution is 2.23. The first-order valence-electron chi connectivity index (χ1n) is 16.1. The van der Waals surface area contributed by atoms with E-state index in [2.05, 4.69) is 5.32 Å². The van der Waals surface area contributed by atoms with Crippen molar-refractivity contribution in [2.24, 2.45) is 0 Å². The normalized spacial score (nSPS) is 14.0. The van der Waals surface area contributed by atoms with Gasteiger partial charge in [0.2, 0.25) is 21.8 Å². The summed E-state index contributed by atoms with van der Waals surface area (Å²) >= 11 is 0. The van der Waals surface area contributed by atoms with Gasteiger partial charge in [-0.15, -0.1) is 0 Å². The van der Waals surface area contributed by atoms with Gasteiger partial charge < -0.3 is 15.0 Å². The number of sulfonamides is 1. The molecular formula is C38H43N3O5S. The first-order valence-corrected chi connectivity index (χ1v) is 17.6. The number of aryl methyl sites for hydroxylation is 2. The van der Waals surface area contributed by atoms with E-state index in [0.717, 1.165) is 40.7 Å². The second kappa shape index (κ2) is 15.9. The maximum absolute atomic E-state index is 14.1. The molecule has 4 aromatic carbocycles. The average molecular weight is 654 g/mol. The second-order valence-corrected chi connectivity index (χ2v) is 14.0. The Morgan fingerprint density at radius 3 is 2.06 bits per heavy atom. The summed E-state index contributed by atoms with van der Waals surface area (Å²) in [6.45, 7) is 3.70. The molecule has 9 heteroatoms. The summed E-state index contributed by atoms with van der Waals surface area (Å²) in [5, 5.41) is 3.08. The van der Waals surface area contributed by atoms with Crippen LogP contribution in [0.1, 0.15) is 47.1 Å². The van der Waals surface area contributed by atoms with Crippen molar-refractivity contribution in [2.75, 3.05) is 20.2 Å². The highest BCUT2D eigenvalue weighted by Gasteiger charge is 2.31. The minimum Gasteiger partial charge on any atom is -0.497 e. The zero-order valence-electron chi connectivity index (χ0n) is 27.1. The van der Waals surface area contributed by atoms with Gasteiger partial charge in [0, 0.05) is 39.0 Å². The smallest absolute Gasteiger partial charge is 0.243 e. The van der Waals surface area contributed by atoms with E-state index in [0.29, 0.717) is 38.2 Å². The van der Waals surface area contributed by atoms with Gasteiger partial charge in [0.15, 0.2) is 0 Å². The zero-order valence-corrected chi connectivity index (χ0v) is 27.9. The van der Waals surface area contributed by atoms with Crippen LogP contribution < -0.4 is 10.1 Å². The van der Waals surface area contributed by atoms with Crippen LogP contribution in [0.5, 0.6) is 5.75 Å². The van der Waals surface area contributed by atoms with E-state index in [1.165, 1.54) is 4.31 Å². The summed E-state index contributed by atoms with van der Waals surface area (Å²) in [6.07, 6.45) is 2.67. The molecule has 246 valence electrons. The molecule has 1 fully saturated rings. The van der Waals surface area contributed by atoms with Crippen LogP contribution in [0.25, 0.3) is 0 Å². The summed E-state index contributed by atoms with van der Waals surface area (Å²) in [5.41, 5.74) is 4.80. The molecule has 0 aromatic heterocycles. The highest BCUT2D eigenvalue weighted by molar-refractivity contribution is 7.89. The number of methoxy groups -OCH3 is 1. The number of nitrogens with one attached hydrogen (secondary N) is 1. The monoisotopic (exact) mass is 653 g/mol. The van der Waals surface area contributed by atoms with Crippen molar-refractivity contribution in [3.8, 4) is 5.75 Å². The van der Waals surface area contributed by atoms with Gasteiger partial charge in [-0.25, -0.2) is 8.42 Å². The molecule has 0 radical (unpaired) electrons. The molecular weight excluding hydrogens is 611 g/mol. The third-order valence-electron chi connectivity index (χ3n) is 8.62. The van der Waals surface area contributed by atoms with Crippen LogP contribution >= 0.6 is 0 Å². The topological polar surface area (TPSA) is 96.0 Å². The summed E-state index contributed by atoms with van der Waals surface area (Å²) < 4.78 is 32.8. The van der Waals surface area contributed by atoms with Gasteiger partial charge in [-0.1, -0.05) is 84.4 Å². The number of benzene rings is 4. The fraction of sp³-hybridized carbons (Fsp3) is 0.316. The number of carbonyl (C=O) groups excluding carboxylic acids is 2. The number of amides is 2. The van der Waals surface area contributed by atoms with Crippen molar-refractivity contribution in [1.29, 1.82) is 0 Å². The summed E-state index contributed by atoms with van der Waals surface area (Å²) in [7, 11) is -1.91. The molecule has 4 aromatic rings. The first-order chi connectivity index (χ1) is 22.7. The van der Waals surface area contributed by atoms with Gasteiger partial charge in [0.25, 0.3) is 0 Å². The van der Waals surface area contributed by atoms with Crippen LogP contribution in [-0.2, 0) is 45.5 Å². The second-order valence-electron chi connectivity index (χ2n) is 12.0. The SMILES string of the molecule is COc1ccc(CN(C(=O)CCc2ccc(S(=O)(=O)N3CCCC3)cc2)C(Cc2ccccc2)C(=O)NCc2ccc(C)cc2)cc1. The van der Waals surface area contributed by atoms with E-state index >= 15 is 0 Å². The summed E-state index contributed by atoms with van der Waals surface area (Å²) in [4.78, 5) is 30.0. The molecule has 1 aliphatic rings.